The van der Waals surface area contributed by atoms with Crippen molar-refractivity contribution in [3.8, 4) is 0 Å². The van der Waals surface area contributed by atoms with Crippen LogP contribution in [0.2, 0.25) is 0 Å². The van der Waals surface area contributed by atoms with E-state index in [0.717, 1.165) is 12.8 Å². The minimum absolute atomic E-state index is 0.521. The van der Waals surface area contributed by atoms with Crippen molar-refractivity contribution < 1.29 is 4.79 Å². The predicted octanol–water partition coefficient (Wildman–Crippen LogP) is 2.37. The lowest BCUT2D eigenvalue weighted by Crippen LogP contribution is -2.28. The van der Waals surface area contributed by atoms with Crippen LogP contribution in [-0.4, -0.2) is 10.8 Å². The molecule has 1 saturated carbocycles. The van der Waals surface area contributed by atoms with Crippen LogP contribution < -0.4 is 0 Å². The van der Waals surface area contributed by atoms with Crippen LogP contribution in [0.1, 0.15) is 25.7 Å². The summed E-state index contributed by atoms with van der Waals surface area (Å²) in [5.74, 6) is 0. The molecule has 0 saturated heterocycles. The van der Waals surface area contributed by atoms with Gasteiger partial charge in [-0.05, 0) is 30.0 Å². The zero-order chi connectivity index (χ0) is 8.32. The highest BCUT2D eigenvalue weighted by molar-refractivity contribution is 6.65. The number of hydrogen-bond donors (Lipinski definition) is 0. The monoisotopic (exact) mass is 173 g/mol. The summed E-state index contributed by atoms with van der Waals surface area (Å²) in [7, 11) is 0. The van der Waals surface area contributed by atoms with E-state index in [0.29, 0.717) is 12.8 Å². The molecule has 1 aliphatic carbocycles. The number of nitrogens with zero attached hydrogens (tertiary/aromatic N) is 3. The Morgan fingerprint density at radius 3 is 2.45 bits per heavy atom. The van der Waals surface area contributed by atoms with Gasteiger partial charge in [0.2, 0.25) is 5.24 Å². The van der Waals surface area contributed by atoms with Crippen molar-refractivity contribution in [2.75, 3.05) is 0 Å². The van der Waals surface area contributed by atoms with Crippen LogP contribution in [0, 0.1) is 0 Å². The second-order valence-corrected chi connectivity index (χ2v) is 3.05. The highest BCUT2D eigenvalue weighted by Gasteiger charge is 2.39. The van der Waals surface area contributed by atoms with E-state index in [1.165, 1.54) is 0 Å². The number of azide groups is 1. The normalized spacial score (nSPS) is 20.8. The summed E-state index contributed by atoms with van der Waals surface area (Å²) in [6.07, 6.45) is 3.02. The van der Waals surface area contributed by atoms with Crippen molar-refractivity contribution >= 4 is 16.8 Å². The van der Waals surface area contributed by atoms with Gasteiger partial charge in [-0.3, -0.25) is 4.79 Å². The molecule has 0 atom stereocenters. The highest BCUT2D eigenvalue weighted by atomic mass is 35.5. The third-order valence-corrected chi connectivity index (χ3v) is 2.38. The zero-order valence-corrected chi connectivity index (χ0v) is 6.71. The van der Waals surface area contributed by atoms with Gasteiger partial charge in [0.25, 0.3) is 0 Å². The molecule has 0 aromatic rings. The molecule has 0 amide bonds. The topological polar surface area (TPSA) is 65.8 Å². The Kier molecular flexibility index (Phi) is 2.37. The third-order valence-electron chi connectivity index (χ3n) is 2.03. The number of carbonyl (C=O) groups excluding carboxylic acids is 1. The lowest BCUT2D eigenvalue weighted by Gasteiger charge is -2.15. The van der Waals surface area contributed by atoms with Crippen LogP contribution in [0.15, 0.2) is 5.11 Å². The fraction of sp³-hybridized carbons (Fsp3) is 0.833. The van der Waals surface area contributed by atoms with Crippen LogP contribution in [0.4, 0.5) is 0 Å². The first-order valence-corrected chi connectivity index (χ1v) is 3.85. The Morgan fingerprint density at radius 2 is 2.09 bits per heavy atom. The molecule has 4 nitrogen and oxygen atoms in total. The SMILES string of the molecule is [N-]=[N+]=NC1(C(=O)Cl)CCCC1. The van der Waals surface area contributed by atoms with Gasteiger partial charge in [-0.25, -0.2) is 0 Å². The molecule has 0 aromatic heterocycles. The molecule has 0 spiro atoms. The van der Waals surface area contributed by atoms with Crippen LogP contribution in [0.3, 0.4) is 0 Å². The summed E-state index contributed by atoms with van der Waals surface area (Å²) >= 11 is 5.32. The second kappa shape index (κ2) is 3.11. The summed E-state index contributed by atoms with van der Waals surface area (Å²) in [6, 6.07) is 0. The Bertz CT molecular complexity index is 212. The van der Waals surface area contributed by atoms with Crippen molar-refractivity contribution in [1.29, 1.82) is 0 Å². The number of halogens is 1. The summed E-state index contributed by atoms with van der Waals surface area (Å²) in [4.78, 5) is 13.5. The molecular formula is C6H8ClN3O. The second-order valence-electron chi connectivity index (χ2n) is 2.70. The third kappa shape index (κ3) is 1.47. The van der Waals surface area contributed by atoms with E-state index in [4.69, 9.17) is 17.1 Å². The van der Waals surface area contributed by atoms with Crippen LogP contribution in [0.25, 0.3) is 10.4 Å². The quantitative estimate of drug-likeness (QED) is 0.274. The minimum Gasteiger partial charge on any atom is -0.281 e. The summed E-state index contributed by atoms with van der Waals surface area (Å²) in [5.41, 5.74) is 7.27. The van der Waals surface area contributed by atoms with Gasteiger partial charge in [0, 0.05) is 4.91 Å². The van der Waals surface area contributed by atoms with E-state index in [-0.39, 0.29) is 0 Å². The molecule has 1 rings (SSSR count). The first-order valence-electron chi connectivity index (χ1n) is 3.47. The van der Waals surface area contributed by atoms with Crippen LogP contribution in [-0.2, 0) is 4.79 Å². The van der Waals surface area contributed by atoms with E-state index >= 15 is 0 Å². The van der Waals surface area contributed by atoms with Gasteiger partial charge in [0.1, 0.15) is 5.54 Å². The Balaban J connectivity index is 2.87. The summed E-state index contributed by atoms with van der Waals surface area (Å²) in [6.45, 7) is 0. The van der Waals surface area contributed by atoms with Crippen molar-refractivity contribution in [3.63, 3.8) is 0 Å². The average molecular weight is 174 g/mol. The maximum atomic E-state index is 10.9. The van der Waals surface area contributed by atoms with Crippen molar-refractivity contribution in [2.24, 2.45) is 5.11 Å². The predicted molar refractivity (Wildman–Crippen MR) is 41.2 cm³/mol. The molecule has 0 aromatic carbocycles. The molecule has 0 heterocycles. The van der Waals surface area contributed by atoms with Crippen molar-refractivity contribution in [3.05, 3.63) is 10.4 Å². The number of carbonyl (C=O) groups is 1. The van der Waals surface area contributed by atoms with Crippen molar-refractivity contribution in [1.82, 2.24) is 0 Å². The van der Waals surface area contributed by atoms with E-state index < -0.39 is 10.8 Å². The van der Waals surface area contributed by atoms with Gasteiger partial charge in [-0.15, -0.1) is 0 Å². The van der Waals surface area contributed by atoms with Gasteiger partial charge < -0.3 is 0 Å². The Morgan fingerprint density at radius 1 is 1.55 bits per heavy atom. The van der Waals surface area contributed by atoms with Crippen LogP contribution >= 0.6 is 11.6 Å². The van der Waals surface area contributed by atoms with Gasteiger partial charge in [-0.2, -0.15) is 0 Å². The van der Waals surface area contributed by atoms with Gasteiger partial charge >= 0.3 is 0 Å². The maximum Gasteiger partial charge on any atom is 0.233 e. The molecule has 0 unspecified atom stereocenters. The highest BCUT2D eigenvalue weighted by Crippen LogP contribution is 2.35. The summed E-state index contributed by atoms with van der Waals surface area (Å²) < 4.78 is 0. The van der Waals surface area contributed by atoms with Gasteiger partial charge in [0.15, 0.2) is 0 Å². The molecule has 5 heteroatoms. The van der Waals surface area contributed by atoms with Gasteiger partial charge in [0.05, 0.1) is 0 Å². The standard InChI is InChI=1S/C6H8ClN3O/c7-5(11)6(9-10-8)3-1-2-4-6/h1-4H2. The molecule has 60 valence electrons. The van der Waals surface area contributed by atoms with Crippen LogP contribution in [0.5, 0.6) is 0 Å². The van der Waals surface area contributed by atoms with E-state index in [2.05, 4.69) is 10.0 Å². The molecular weight excluding hydrogens is 166 g/mol. The molecule has 0 bridgehead atoms. The smallest absolute Gasteiger partial charge is 0.233 e. The first-order chi connectivity index (χ1) is 5.21. The molecule has 0 aliphatic heterocycles. The lowest BCUT2D eigenvalue weighted by atomic mass is 10.0. The van der Waals surface area contributed by atoms with E-state index in [1.54, 1.807) is 0 Å². The first kappa shape index (κ1) is 8.37. The molecule has 11 heavy (non-hydrogen) atoms. The van der Waals surface area contributed by atoms with Crippen molar-refractivity contribution in [2.45, 2.75) is 31.2 Å². The molecule has 0 N–H and O–H groups in total. The lowest BCUT2D eigenvalue weighted by molar-refractivity contribution is -0.116. The minimum atomic E-state index is -0.920. The molecule has 1 fully saturated rings. The Labute approximate surface area is 69.2 Å². The van der Waals surface area contributed by atoms with E-state index in [1.807, 2.05) is 0 Å². The van der Waals surface area contributed by atoms with E-state index in [9.17, 15) is 4.79 Å². The zero-order valence-electron chi connectivity index (χ0n) is 5.96. The number of rotatable bonds is 2. The number of hydrogen-bond acceptors (Lipinski definition) is 2. The molecule has 0 radical (unpaired) electrons. The largest absolute Gasteiger partial charge is 0.281 e. The Hall–Kier alpha value is -0.730. The summed E-state index contributed by atoms with van der Waals surface area (Å²) in [5, 5.41) is 2.93. The fourth-order valence-corrected chi connectivity index (χ4v) is 1.61. The average Bonchev–Trinajstić information content (AvgIpc) is 2.38. The maximum absolute atomic E-state index is 10.9. The van der Waals surface area contributed by atoms with Gasteiger partial charge in [-0.1, -0.05) is 18.0 Å². The fourth-order valence-electron chi connectivity index (χ4n) is 1.38. The molecule has 1 aliphatic rings.